The van der Waals surface area contributed by atoms with Crippen molar-refractivity contribution in [1.82, 2.24) is 10.2 Å². The van der Waals surface area contributed by atoms with Crippen molar-refractivity contribution in [1.29, 1.82) is 0 Å². The molecule has 0 aromatic carbocycles. The maximum absolute atomic E-state index is 11.5. The van der Waals surface area contributed by atoms with Crippen LogP contribution in [0.1, 0.15) is 13.8 Å². The molecule has 0 spiro atoms. The molecule has 86 valence electrons. The van der Waals surface area contributed by atoms with Crippen LogP contribution in [0.3, 0.4) is 0 Å². The molecule has 0 aromatic heterocycles. The van der Waals surface area contributed by atoms with Gasteiger partial charge in [-0.25, -0.2) is 0 Å². The number of rotatable bonds is 4. The summed E-state index contributed by atoms with van der Waals surface area (Å²) in [4.78, 5) is 13.6. The molecule has 0 bridgehead atoms. The highest BCUT2D eigenvalue weighted by molar-refractivity contribution is 5.78. The molecular weight excluding hydrogens is 192 g/mol. The summed E-state index contributed by atoms with van der Waals surface area (Å²) in [7, 11) is 0. The lowest BCUT2D eigenvalue weighted by molar-refractivity contribution is -0.125. The number of carbonyl (C=O) groups is 1. The zero-order valence-corrected chi connectivity index (χ0v) is 9.53. The molecular formula is C11H20N2O2. The van der Waals surface area contributed by atoms with Gasteiger partial charge < -0.3 is 10.1 Å². The predicted molar refractivity (Wildman–Crippen MR) is 59.7 cm³/mol. The van der Waals surface area contributed by atoms with E-state index in [1.54, 1.807) is 6.08 Å². The number of hydrogen-bond acceptors (Lipinski definition) is 3. The van der Waals surface area contributed by atoms with Crippen LogP contribution in [0.4, 0.5) is 0 Å². The zero-order valence-electron chi connectivity index (χ0n) is 9.53. The number of carbonyl (C=O) groups excluding carboxylic acids is 1. The standard InChI is InChI=1S/C11H20N2O2/c1-4-5-12-11(14)7-13-6-10(3)15-8-9(13)2/h4,9-10H,1,5-8H2,2-3H3,(H,12,14)/t9-,10+/m1/s1. The Kier molecular flexibility index (Phi) is 4.78. The van der Waals surface area contributed by atoms with Crippen LogP contribution in [0.25, 0.3) is 0 Å². The van der Waals surface area contributed by atoms with Gasteiger partial charge in [-0.1, -0.05) is 6.08 Å². The van der Waals surface area contributed by atoms with Crippen LogP contribution in [-0.2, 0) is 9.53 Å². The molecule has 15 heavy (non-hydrogen) atoms. The summed E-state index contributed by atoms with van der Waals surface area (Å²) in [5.41, 5.74) is 0. The summed E-state index contributed by atoms with van der Waals surface area (Å²) in [6.07, 6.45) is 1.90. The average Bonchev–Trinajstić information content (AvgIpc) is 2.20. The molecule has 4 heteroatoms. The number of amides is 1. The number of nitrogens with one attached hydrogen (secondary N) is 1. The Morgan fingerprint density at radius 3 is 3.07 bits per heavy atom. The molecule has 1 rings (SSSR count). The zero-order chi connectivity index (χ0) is 11.3. The molecule has 1 N–H and O–H groups in total. The van der Waals surface area contributed by atoms with Crippen LogP contribution < -0.4 is 5.32 Å². The number of nitrogens with zero attached hydrogens (tertiary/aromatic N) is 1. The third-order valence-corrected chi connectivity index (χ3v) is 2.53. The first-order chi connectivity index (χ1) is 7.13. The molecule has 0 saturated carbocycles. The molecule has 1 heterocycles. The van der Waals surface area contributed by atoms with E-state index in [4.69, 9.17) is 4.74 Å². The predicted octanol–water partition coefficient (Wildman–Crippen LogP) is 0.398. The van der Waals surface area contributed by atoms with Gasteiger partial charge in [0.2, 0.25) is 5.91 Å². The Morgan fingerprint density at radius 2 is 2.40 bits per heavy atom. The van der Waals surface area contributed by atoms with Gasteiger partial charge in [0.1, 0.15) is 0 Å². The highest BCUT2D eigenvalue weighted by atomic mass is 16.5. The minimum absolute atomic E-state index is 0.0517. The van der Waals surface area contributed by atoms with Crippen LogP contribution in [0.5, 0.6) is 0 Å². The van der Waals surface area contributed by atoms with Gasteiger partial charge >= 0.3 is 0 Å². The highest BCUT2D eigenvalue weighted by Gasteiger charge is 2.24. The van der Waals surface area contributed by atoms with Gasteiger partial charge in [-0.15, -0.1) is 6.58 Å². The van der Waals surface area contributed by atoms with Crippen molar-refractivity contribution in [3.63, 3.8) is 0 Å². The SMILES string of the molecule is C=CCNC(=O)CN1C[C@H](C)OC[C@H]1C. The normalized spacial score (nSPS) is 27.3. The topological polar surface area (TPSA) is 41.6 Å². The van der Waals surface area contributed by atoms with E-state index in [0.29, 0.717) is 25.7 Å². The van der Waals surface area contributed by atoms with Crippen molar-refractivity contribution < 1.29 is 9.53 Å². The van der Waals surface area contributed by atoms with E-state index in [1.807, 2.05) is 6.92 Å². The molecule has 0 unspecified atom stereocenters. The maximum atomic E-state index is 11.5. The summed E-state index contributed by atoms with van der Waals surface area (Å²) in [5, 5.41) is 2.78. The lowest BCUT2D eigenvalue weighted by Crippen LogP contribution is -2.50. The quantitative estimate of drug-likeness (QED) is 0.686. The molecule has 1 aliphatic heterocycles. The molecule has 1 amide bonds. The van der Waals surface area contributed by atoms with Crippen molar-refractivity contribution in [2.24, 2.45) is 0 Å². The number of morpholine rings is 1. The van der Waals surface area contributed by atoms with Crippen LogP contribution in [0.2, 0.25) is 0 Å². The molecule has 1 aliphatic rings. The van der Waals surface area contributed by atoms with E-state index in [-0.39, 0.29) is 12.0 Å². The van der Waals surface area contributed by atoms with Gasteiger partial charge in [0, 0.05) is 19.1 Å². The van der Waals surface area contributed by atoms with Crippen LogP contribution in [0, 0.1) is 0 Å². The first-order valence-corrected chi connectivity index (χ1v) is 5.36. The van der Waals surface area contributed by atoms with Gasteiger partial charge in [-0.2, -0.15) is 0 Å². The monoisotopic (exact) mass is 212 g/mol. The second-order valence-electron chi connectivity index (χ2n) is 4.02. The summed E-state index contributed by atoms with van der Waals surface area (Å²) in [5.74, 6) is 0.0517. The van der Waals surface area contributed by atoms with Crippen LogP contribution in [-0.4, -0.2) is 49.2 Å². The fourth-order valence-electron chi connectivity index (χ4n) is 1.62. The molecule has 0 aromatic rings. The van der Waals surface area contributed by atoms with E-state index in [1.165, 1.54) is 0 Å². The lowest BCUT2D eigenvalue weighted by atomic mass is 10.2. The number of hydrogen-bond donors (Lipinski definition) is 1. The second-order valence-corrected chi connectivity index (χ2v) is 4.02. The molecule has 0 aliphatic carbocycles. The maximum Gasteiger partial charge on any atom is 0.234 e. The van der Waals surface area contributed by atoms with Crippen molar-refractivity contribution >= 4 is 5.91 Å². The third kappa shape index (κ3) is 4.01. The largest absolute Gasteiger partial charge is 0.376 e. The lowest BCUT2D eigenvalue weighted by Gasteiger charge is -2.36. The van der Waals surface area contributed by atoms with Gasteiger partial charge in [0.05, 0.1) is 19.3 Å². The Hall–Kier alpha value is -0.870. The smallest absolute Gasteiger partial charge is 0.234 e. The minimum atomic E-state index is 0.0517. The third-order valence-electron chi connectivity index (χ3n) is 2.53. The van der Waals surface area contributed by atoms with E-state index in [2.05, 4.69) is 23.7 Å². The highest BCUT2D eigenvalue weighted by Crippen LogP contribution is 2.10. The van der Waals surface area contributed by atoms with Crippen molar-refractivity contribution in [2.45, 2.75) is 26.0 Å². The Morgan fingerprint density at radius 1 is 1.67 bits per heavy atom. The molecule has 0 radical (unpaired) electrons. The fourth-order valence-corrected chi connectivity index (χ4v) is 1.62. The first kappa shape index (κ1) is 12.2. The first-order valence-electron chi connectivity index (χ1n) is 5.36. The molecule has 1 fully saturated rings. The number of ether oxygens (including phenoxy) is 1. The second kappa shape index (κ2) is 5.88. The van der Waals surface area contributed by atoms with Crippen LogP contribution >= 0.6 is 0 Å². The Balaban J connectivity index is 2.34. The summed E-state index contributed by atoms with van der Waals surface area (Å²) in [6, 6.07) is 0.315. The van der Waals surface area contributed by atoms with Crippen LogP contribution in [0.15, 0.2) is 12.7 Å². The van der Waals surface area contributed by atoms with E-state index < -0.39 is 0 Å². The van der Waals surface area contributed by atoms with Gasteiger partial charge in [-0.3, -0.25) is 9.69 Å². The van der Waals surface area contributed by atoms with Crippen molar-refractivity contribution in [3.8, 4) is 0 Å². The Labute approximate surface area is 91.3 Å². The molecule has 1 saturated heterocycles. The summed E-state index contributed by atoms with van der Waals surface area (Å²) in [6.45, 7) is 10.2. The van der Waals surface area contributed by atoms with Gasteiger partial charge in [-0.05, 0) is 13.8 Å². The molecule has 4 nitrogen and oxygen atoms in total. The van der Waals surface area contributed by atoms with Gasteiger partial charge in [0.15, 0.2) is 0 Å². The molecule has 2 atom stereocenters. The van der Waals surface area contributed by atoms with E-state index in [9.17, 15) is 4.79 Å². The Bertz CT molecular complexity index is 231. The van der Waals surface area contributed by atoms with Gasteiger partial charge in [0.25, 0.3) is 0 Å². The average molecular weight is 212 g/mol. The summed E-state index contributed by atoms with van der Waals surface area (Å²) < 4.78 is 5.49. The van der Waals surface area contributed by atoms with E-state index in [0.717, 1.165) is 6.54 Å². The minimum Gasteiger partial charge on any atom is -0.376 e. The fraction of sp³-hybridized carbons (Fsp3) is 0.727. The summed E-state index contributed by atoms with van der Waals surface area (Å²) >= 11 is 0. The van der Waals surface area contributed by atoms with Crippen molar-refractivity contribution in [2.75, 3.05) is 26.2 Å². The van der Waals surface area contributed by atoms with E-state index >= 15 is 0 Å². The van der Waals surface area contributed by atoms with Crippen molar-refractivity contribution in [3.05, 3.63) is 12.7 Å².